The molecular formula is C10H15NO5. The van der Waals surface area contributed by atoms with Gasteiger partial charge in [-0.3, -0.25) is 14.5 Å². The number of carbonyl (C=O) groups is 3. The van der Waals surface area contributed by atoms with Gasteiger partial charge in [-0.1, -0.05) is 13.8 Å². The number of hydrogen-bond acceptors (Lipinski definition) is 4. The summed E-state index contributed by atoms with van der Waals surface area (Å²) in [5.74, 6) is -1.97. The van der Waals surface area contributed by atoms with Crippen LogP contribution in [0.3, 0.4) is 0 Å². The monoisotopic (exact) mass is 229 g/mol. The van der Waals surface area contributed by atoms with E-state index >= 15 is 0 Å². The first-order chi connectivity index (χ1) is 7.25. The normalized spacial score (nSPS) is 21.3. The molecule has 1 fully saturated rings. The standard InChI is InChI=1S/C10H15NO5/c1-10(2)5-7(13)11(9(10)16)4-3-6(12)8(14)15/h6,12H,3-5H2,1-2H3,(H,14,15). The molecule has 1 aliphatic rings. The molecule has 16 heavy (non-hydrogen) atoms. The maximum atomic E-state index is 11.7. The van der Waals surface area contributed by atoms with Crippen molar-refractivity contribution in [2.75, 3.05) is 6.54 Å². The first kappa shape index (κ1) is 12.6. The van der Waals surface area contributed by atoms with Gasteiger partial charge < -0.3 is 10.2 Å². The van der Waals surface area contributed by atoms with E-state index in [1.165, 1.54) is 0 Å². The van der Waals surface area contributed by atoms with Crippen molar-refractivity contribution in [3.05, 3.63) is 0 Å². The number of hydrogen-bond donors (Lipinski definition) is 2. The van der Waals surface area contributed by atoms with Crippen LogP contribution < -0.4 is 0 Å². The zero-order valence-electron chi connectivity index (χ0n) is 9.27. The van der Waals surface area contributed by atoms with Crippen molar-refractivity contribution >= 4 is 17.8 Å². The van der Waals surface area contributed by atoms with Crippen LogP contribution in [0.15, 0.2) is 0 Å². The Labute approximate surface area is 92.9 Å². The summed E-state index contributed by atoms with van der Waals surface area (Å²) in [5.41, 5.74) is -0.717. The molecular weight excluding hydrogens is 214 g/mol. The van der Waals surface area contributed by atoms with Gasteiger partial charge in [0.1, 0.15) is 0 Å². The Hall–Kier alpha value is -1.43. The lowest BCUT2D eigenvalue weighted by Crippen LogP contribution is -2.36. The molecule has 0 saturated carbocycles. The molecule has 0 aromatic rings. The number of carbonyl (C=O) groups excluding carboxylic acids is 2. The summed E-state index contributed by atoms with van der Waals surface area (Å²) < 4.78 is 0. The van der Waals surface area contributed by atoms with Crippen LogP contribution in [-0.4, -0.2) is 45.5 Å². The quantitative estimate of drug-likeness (QED) is 0.640. The highest BCUT2D eigenvalue weighted by molar-refractivity contribution is 6.05. The van der Waals surface area contributed by atoms with Gasteiger partial charge in [0.25, 0.3) is 0 Å². The average molecular weight is 229 g/mol. The van der Waals surface area contributed by atoms with Crippen LogP contribution in [0.2, 0.25) is 0 Å². The van der Waals surface area contributed by atoms with Crippen LogP contribution in [0.5, 0.6) is 0 Å². The molecule has 1 aliphatic heterocycles. The van der Waals surface area contributed by atoms with Gasteiger partial charge in [-0.05, 0) is 0 Å². The molecule has 0 aromatic carbocycles. The number of imide groups is 1. The van der Waals surface area contributed by atoms with E-state index in [1.807, 2.05) is 0 Å². The van der Waals surface area contributed by atoms with Crippen molar-refractivity contribution in [2.24, 2.45) is 5.41 Å². The molecule has 90 valence electrons. The highest BCUT2D eigenvalue weighted by Crippen LogP contribution is 2.31. The fraction of sp³-hybridized carbons (Fsp3) is 0.700. The van der Waals surface area contributed by atoms with Gasteiger partial charge >= 0.3 is 5.97 Å². The lowest BCUT2D eigenvalue weighted by molar-refractivity contribution is -0.149. The van der Waals surface area contributed by atoms with Gasteiger partial charge in [-0.2, -0.15) is 0 Å². The maximum Gasteiger partial charge on any atom is 0.332 e. The second kappa shape index (κ2) is 4.21. The van der Waals surface area contributed by atoms with Crippen LogP contribution in [-0.2, 0) is 14.4 Å². The number of aliphatic carboxylic acids is 1. The largest absolute Gasteiger partial charge is 0.479 e. The molecule has 6 nitrogen and oxygen atoms in total. The molecule has 1 rings (SSSR count). The summed E-state index contributed by atoms with van der Waals surface area (Å²) in [4.78, 5) is 34.5. The molecule has 0 spiro atoms. The highest BCUT2D eigenvalue weighted by atomic mass is 16.4. The van der Waals surface area contributed by atoms with E-state index in [0.717, 1.165) is 4.90 Å². The van der Waals surface area contributed by atoms with Crippen LogP contribution >= 0.6 is 0 Å². The minimum Gasteiger partial charge on any atom is -0.479 e. The molecule has 0 aromatic heterocycles. The summed E-state index contributed by atoms with van der Waals surface area (Å²) in [5, 5.41) is 17.5. The molecule has 6 heteroatoms. The molecule has 2 N–H and O–H groups in total. The molecule has 0 bridgehead atoms. The molecule has 0 aliphatic carbocycles. The van der Waals surface area contributed by atoms with Crippen LogP contribution in [0, 0.1) is 5.41 Å². The summed E-state index contributed by atoms with van der Waals surface area (Å²) in [6.45, 7) is 3.29. The number of likely N-dealkylation sites (tertiary alicyclic amines) is 1. The minimum absolute atomic E-state index is 0.0471. The zero-order chi connectivity index (χ0) is 12.5. The van der Waals surface area contributed by atoms with Crippen molar-refractivity contribution < 1.29 is 24.6 Å². The van der Waals surface area contributed by atoms with Crippen molar-refractivity contribution in [1.29, 1.82) is 0 Å². The van der Waals surface area contributed by atoms with Gasteiger partial charge in [-0.15, -0.1) is 0 Å². The Bertz CT molecular complexity index is 336. The zero-order valence-corrected chi connectivity index (χ0v) is 9.27. The Morgan fingerprint density at radius 1 is 1.50 bits per heavy atom. The van der Waals surface area contributed by atoms with Crippen LogP contribution in [0.25, 0.3) is 0 Å². The van der Waals surface area contributed by atoms with Gasteiger partial charge in [0.15, 0.2) is 6.10 Å². The summed E-state index contributed by atoms with van der Waals surface area (Å²) >= 11 is 0. The van der Waals surface area contributed by atoms with Gasteiger partial charge in [0, 0.05) is 19.4 Å². The third-order valence-electron chi connectivity index (χ3n) is 2.63. The number of aliphatic hydroxyl groups excluding tert-OH is 1. The van der Waals surface area contributed by atoms with E-state index in [2.05, 4.69) is 0 Å². The number of carboxylic acids is 1. The van der Waals surface area contributed by atoms with E-state index in [4.69, 9.17) is 10.2 Å². The Balaban J connectivity index is 2.59. The third-order valence-corrected chi connectivity index (χ3v) is 2.63. The maximum absolute atomic E-state index is 11.7. The van der Waals surface area contributed by atoms with Crippen LogP contribution in [0.1, 0.15) is 26.7 Å². The molecule has 1 atom stereocenters. The average Bonchev–Trinajstić information content (AvgIpc) is 2.34. The second-order valence-corrected chi connectivity index (χ2v) is 4.55. The topological polar surface area (TPSA) is 94.9 Å². The van der Waals surface area contributed by atoms with Gasteiger partial charge in [0.05, 0.1) is 5.41 Å². The van der Waals surface area contributed by atoms with Gasteiger partial charge in [0.2, 0.25) is 11.8 Å². The van der Waals surface area contributed by atoms with Crippen molar-refractivity contribution in [2.45, 2.75) is 32.8 Å². The molecule has 1 heterocycles. The van der Waals surface area contributed by atoms with Crippen molar-refractivity contribution in [3.8, 4) is 0 Å². The fourth-order valence-electron chi connectivity index (χ4n) is 1.63. The highest BCUT2D eigenvalue weighted by Gasteiger charge is 2.44. The lowest BCUT2D eigenvalue weighted by atomic mass is 9.92. The van der Waals surface area contributed by atoms with Crippen molar-refractivity contribution in [3.63, 3.8) is 0 Å². The fourth-order valence-corrected chi connectivity index (χ4v) is 1.63. The van der Waals surface area contributed by atoms with E-state index < -0.39 is 17.5 Å². The van der Waals surface area contributed by atoms with E-state index in [1.54, 1.807) is 13.8 Å². The molecule has 2 amide bonds. The SMILES string of the molecule is CC1(C)CC(=O)N(CCC(O)C(=O)O)C1=O. The van der Waals surface area contributed by atoms with Crippen molar-refractivity contribution in [1.82, 2.24) is 4.90 Å². The first-order valence-corrected chi connectivity index (χ1v) is 5.01. The Kier molecular flexibility index (Phi) is 3.32. The number of amides is 2. The lowest BCUT2D eigenvalue weighted by Gasteiger charge is -2.18. The number of nitrogens with zero attached hydrogens (tertiary/aromatic N) is 1. The summed E-state index contributed by atoms with van der Waals surface area (Å²) in [6, 6.07) is 0. The minimum atomic E-state index is -1.54. The van der Waals surface area contributed by atoms with E-state index in [-0.39, 0.29) is 31.2 Å². The van der Waals surface area contributed by atoms with Crippen LogP contribution in [0.4, 0.5) is 0 Å². The number of carboxylic acid groups (broad SMARTS) is 1. The Morgan fingerprint density at radius 3 is 2.44 bits per heavy atom. The molecule has 1 saturated heterocycles. The molecule has 0 radical (unpaired) electrons. The number of aliphatic hydroxyl groups is 1. The van der Waals surface area contributed by atoms with E-state index in [9.17, 15) is 14.4 Å². The first-order valence-electron chi connectivity index (χ1n) is 5.01. The van der Waals surface area contributed by atoms with E-state index in [0.29, 0.717) is 0 Å². The molecule has 1 unspecified atom stereocenters. The van der Waals surface area contributed by atoms with Gasteiger partial charge in [-0.25, -0.2) is 4.79 Å². The summed E-state index contributed by atoms with van der Waals surface area (Å²) in [6.07, 6.45) is -1.54. The number of rotatable bonds is 4. The Morgan fingerprint density at radius 2 is 2.06 bits per heavy atom. The predicted octanol–water partition coefficient (Wildman–Crippen LogP) is -0.393. The third kappa shape index (κ3) is 2.38. The summed E-state index contributed by atoms with van der Waals surface area (Å²) in [7, 11) is 0. The second-order valence-electron chi connectivity index (χ2n) is 4.55. The predicted molar refractivity (Wildman–Crippen MR) is 53.4 cm³/mol. The smallest absolute Gasteiger partial charge is 0.332 e.